The molecule has 10 rings (SSSR count). The van der Waals surface area contributed by atoms with Crippen LogP contribution in [-0.2, 0) is 22.0 Å². The van der Waals surface area contributed by atoms with E-state index in [1.165, 1.54) is 33.4 Å². The summed E-state index contributed by atoms with van der Waals surface area (Å²) in [6.45, 7) is 0. The Balaban J connectivity index is 1.22. The Morgan fingerprint density at radius 2 is 0.981 bits per heavy atom. The second-order valence-corrected chi connectivity index (χ2v) is 14.9. The van der Waals surface area contributed by atoms with Gasteiger partial charge in [0, 0.05) is 39.2 Å². The van der Waals surface area contributed by atoms with Crippen LogP contribution >= 0.6 is 0 Å². The van der Waals surface area contributed by atoms with Crippen molar-refractivity contribution in [1.29, 1.82) is 0 Å². The maximum Gasteiger partial charge on any atom is 0.311 e. The first kappa shape index (κ1) is 32.3. The highest BCUT2D eigenvalue weighted by atomic mass is 16.5. The minimum absolute atomic E-state index is 0.238. The fourth-order valence-corrected chi connectivity index (χ4v) is 9.48. The third kappa shape index (κ3) is 5.24. The van der Waals surface area contributed by atoms with Gasteiger partial charge in [-0.3, -0.25) is 4.79 Å². The van der Waals surface area contributed by atoms with Crippen LogP contribution in [0.25, 0.3) is 44.3 Å². The zero-order valence-electron chi connectivity index (χ0n) is 29.9. The van der Waals surface area contributed by atoms with Crippen LogP contribution in [-0.4, -0.2) is 15.9 Å². The second-order valence-electron chi connectivity index (χ2n) is 14.9. The zero-order valence-corrected chi connectivity index (χ0v) is 29.9. The first-order chi connectivity index (χ1) is 26.6. The molecule has 2 aliphatic rings. The molecule has 0 N–H and O–H groups in total. The average molecular weight is 699 g/mol. The largest absolute Gasteiger partial charge is 0.427 e. The number of hydrogen-bond donors (Lipinski definition) is 0. The monoisotopic (exact) mass is 698 g/mol. The van der Waals surface area contributed by atoms with Crippen LogP contribution in [0.5, 0.6) is 5.75 Å². The number of pyridine rings is 2. The number of esters is 1. The van der Waals surface area contributed by atoms with Gasteiger partial charge in [0.05, 0.1) is 22.4 Å². The quantitative estimate of drug-likeness (QED) is 0.111. The van der Waals surface area contributed by atoms with Gasteiger partial charge in [-0.1, -0.05) is 133 Å². The maximum atomic E-state index is 13.9. The lowest BCUT2D eigenvalue weighted by atomic mass is 9.59. The van der Waals surface area contributed by atoms with Crippen LogP contribution in [0.2, 0.25) is 0 Å². The molecule has 0 aliphatic heterocycles. The summed E-state index contributed by atoms with van der Waals surface area (Å²) in [5, 5.41) is 2.23. The van der Waals surface area contributed by atoms with Crippen molar-refractivity contribution in [3.05, 3.63) is 198 Å². The summed E-state index contributed by atoms with van der Waals surface area (Å²) in [6, 6.07) is 59.5. The molecule has 0 fully saturated rings. The van der Waals surface area contributed by atoms with Gasteiger partial charge in [-0.25, -0.2) is 9.97 Å². The van der Waals surface area contributed by atoms with Gasteiger partial charge in [-0.05, 0) is 89.9 Å². The number of para-hydroxylation sites is 3. The molecule has 0 unspecified atom stereocenters. The fraction of sp³-hybridized carbons (Fsp3) is 0.140. The molecule has 0 radical (unpaired) electrons. The molecule has 4 nitrogen and oxygen atoms in total. The molecule has 0 saturated carbocycles. The molecule has 2 heterocycles. The lowest BCUT2D eigenvalue weighted by Gasteiger charge is -2.42. The maximum absolute atomic E-state index is 13.9. The summed E-state index contributed by atoms with van der Waals surface area (Å²) in [5.74, 6) is 0.325. The molecule has 0 amide bonds. The molecule has 0 spiro atoms. The van der Waals surface area contributed by atoms with Gasteiger partial charge < -0.3 is 4.74 Å². The second kappa shape index (κ2) is 12.9. The number of aryl methyl sites for hydroxylation is 1. The van der Waals surface area contributed by atoms with Crippen LogP contribution in [0.4, 0.5) is 0 Å². The highest BCUT2D eigenvalue weighted by Gasteiger charge is 2.53. The molecule has 260 valence electrons. The van der Waals surface area contributed by atoms with Crippen LogP contribution in [0.3, 0.4) is 0 Å². The number of benzene rings is 6. The molecule has 54 heavy (non-hydrogen) atoms. The molecule has 4 heteroatoms. The normalized spacial score (nSPS) is 17.9. The number of hydrogen-bond acceptors (Lipinski definition) is 4. The van der Waals surface area contributed by atoms with E-state index in [1.54, 1.807) is 0 Å². The van der Waals surface area contributed by atoms with Gasteiger partial charge in [-0.15, -0.1) is 0 Å². The van der Waals surface area contributed by atoms with Crippen molar-refractivity contribution in [2.24, 2.45) is 0 Å². The Hall–Kier alpha value is -6.39. The van der Waals surface area contributed by atoms with E-state index in [-0.39, 0.29) is 12.4 Å². The number of carbonyl (C=O) groups excluding carboxylic acids is 1. The van der Waals surface area contributed by atoms with Gasteiger partial charge in [-0.2, -0.15) is 0 Å². The minimum Gasteiger partial charge on any atom is -0.427 e. The Bertz CT molecular complexity index is 2710. The van der Waals surface area contributed by atoms with E-state index in [0.29, 0.717) is 12.2 Å². The third-order valence-corrected chi connectivity index (χ3v) is 11.9. The van der Waals surface area contributed by atoms with E-state index in [1.807, 2.05) is 30.3 Å². The lowest BCUT2D eigenvalue weighted by Crippen LogP contribution is -2.39. The predicted octanol–water partition coefficient (Wildman–Crippen LogP) is 11.4. The first-order valence-corrected chi connectivity index (χ1v) is 18.9. The molecule has 0 bridgehead atoms. The van der Waals surface area contributed by atoms with Crippen molar-refractivity contribution in [2.45, 2.75) is 42.9 Å². The molecular weight excluding hydrogens is 661 g/mol. The number of ether oxygens (including phenoxy) is 1. The molecule has 2 aromatic heterocycles. The van der Waals surface area contributed by atoms with Gasteiger partial charge in [0.25, 0.3) is 0 Å². The SMILES string of the molecule is O=C(CC[C@]1(C[C@]2(CCc3ccccc3)c3ccccc3-c3nc4ccccc4cc32)c2ccccc2-c2nc3ccccc3cc21)Oc1ccccc1. The summed E-state index contributed by atoms with van der Waals surface area (Å²) in [5.41, 5.74) is 11.6. The smallest absolute Gasteiger partial charge is 0.311 e. The van der Waals surface area contributed by atoms with E-state index in [4.69, 9.17) is 14.7 Å². The van der Waals surface area contributed by atoms with Crippen molar-refractivity contribution >= 4 is 27.8 Å². The average Bonchev–Trinajstić information content (AvgIpc) is 3.64. The summed E-state index contributed by atoms with van der Waals surface area (Å²) in [4.78, 5) is 24.7. The van der Waals surface area contributed by atoms with Gasteiger partial charge in [0.15, 0.2) is 0 Å². The molecule has 0 saturated heterocycles. The Morgan fingerprint density at radius 3 is 1.57 bits per heavy atom. The van der Waals surface area contributed by atoms with Gasteiger partial charge in [0.2, 0.25) is 0 Å². The van der Waals surface area contributed by atoms with Gasteiger partial charge in [0.1, 0.15) is 5.75 Å². The number of carbonyl (C=O) groups is 1. The number of rotatable bonds is 9. The zero-order chi connectivity index (χ0) is 36.1. The van der Waals surface area contributed by atoms with Crippen LogP contribution in [0, 0.1) is 0 Å². The predicted molar refractivity (Wildman–Crippen MR) is 217 cm³/mol. The molecule has 6 aromatic carbocycles. The third-order valence-electron chi connectivity index (χ3n) is 11.9. The summed E-state index contributed by atoms with van der Waals surface area (Å²) in [6.07, 6.45) is 3.30. The van der Waals surface area contributed by atoms with Crippen LogP contribution < -0.4 is 4.74 Å². The Labute approximate surface area is 315 Å². The molecule has 8 aromatic rings. The van der Waals surface area contributed by atoms with E-state index >= 15 is 0 Å². The van der Waals surface area contributed by atoms with E-state index in [9.17, 15) is 4.79 Å². The van der Waals surface area contributed by atoms with Crippen molar-refractivity contribution < 1.29 is 9.53 Å². The summed E-state index contributed by atoms with van der Waals surface area (Å²) < 4.78 is 5.96. The van der Waals surface area contributed by atoms with Crippen molar-refractivity contribution in [2.75, 3.05) is 0 Å². The molecular formula is C50H38N2O2. The standard InChI is InChI=1S/C50H38N2O2/c53-46(54-37-19-5-2-6-20-37)28-30-50(41-24-12-10-22-39(41)48-43(50)32-36-18-8-14-26-45(36)52-48)33-49(29-27-34-15-3-1-4-16-34)40-23-11-9-21-38(40)47-42(49)31-35-17-7-13-25-44(35)51-47/h1-26,31-32H,27-30,33H2/t49-,50+/m1/s1. The molecule has 2 atom stereocenters. The first-order valence-electron chi connectivity index (χ1n) is 18.9. The Kier molecular flexibility index (Phi) is 7.73. The van der Waals surface area contributed by atoms with Crippen LogP contribution in [0.15, 0.2) is 170 Å². The topological polar surface area (TPSA) is 52.1 Å². The number of fused-ring (bicyclic) bond motifs is 8. The minimum atomic E-state index is -0.574. The summed E-state index contributed by atoms with van der Waals surface area (Å²) >= 11 is 0. The van der Waals surface area contributed by atoms with E-state index < -0.39 is 10.8 Å². The van der Waals surface area contributed by atoms with Gasteiger partial charge >= 0.3 is 5.97 Å². The fourth-order valence-electron chi connectivity index (χ4n) is 9.48. The van der Waals surface area contributed by atoms with Crippen molar-refractivity contribution in [1.82, 2.24) is 9.97 Å². The van der Waals surface area contributed by atoms with E-state index in [2.05, 4.69) is 140 Å². The number of nitrogens with zero attached hydrogens (tertiary/aromatic N) is 2. The summed E-state index contributed by atoms with van der Waals surface area (Å²) in [7, 11) is 0. The molecule has 2 aliphatic carbocycles. The highest BCUT2D eigenvalue weighted by molar-refractivity contribution is 5.91. The number of aromatic nitrogens is 2. The lowest BCUT2D eigenvalue weighted by molar-refractivity contribution is -0.134. The van der Waals surface area contributed by atoms with Crippen molar-refractivity contribution in [3.8, 4) is 28.3 Å². The van der Waals surface area contributed by atoms with Crippen molar-refractivity contribution in [3.63, 3.8) is 0 Å². The Morgan fingerprint density at radius 1 is 0.500 bits per heavy atom. The van der Waals surface area contributed by atoms with E-state index in [0.717, 1.165) is 58.0 Å². The van der Waals surface area contributed by atoms with Crippen LogP contribution in [0.1, 0.15) is 53.5 Å². The highest BCUT2D eigenvalue weighted by Crippen LogP contribution is 2.62.